The van der Waals surface area contributed by atoms with Crippen molar-refractivity contribution < 1.29 is 4.74 Å². The highest BCUT2D eigenvalue weighted by Gasteiger charge is 2.28. The minimum absolute atomic E-state index is 0.527. The van der Waals surface area contributed by atoms with Crippen molar-refractivity contribution in [2.75, 3.05) is 30.4 Å². The van der Waals surface area contributed by atoms with Gasteiger partial charge in [-0.3, -0.25) is 0 Å². The highest BCUT2D eigenvalue weighted by molar-refractivity contribution is 5.74. The van der Waals surface area contributed by atoms with Crippen LogP contribution >= 0.6 is 0 Å². The summed E-state index contributed by atoms with van der Waals surface area (Å²) in [5, 5.41) is 0. The van der Waals surface area contributed by atoms with Crippen molar-refractivity contribution in [3.63, 3.8) is 0 Å². The molecule has 16 heavy (non-hydrogen) atoms. The van der Waals surface area contributed by atoms with Gasteiger partial charge in [-0.25, -0.2) is 0 Å². The van der Waals surface area contributed by atoms with E-state index in [1.54, 1.807) is 0 Å². The fraction of sp³-hybridized carbons (Fsp3) is 0.538. The highest BCUT2D eigenvalue weighted by Crippen LogP contribution is 2.36. The van der Waals surface area contributed by atoms with Crippen LogP contribution in [0.4, 0.5) is 11.4 Å². The summed E-state index contributed by atoms with van der Waals surface area (Å²) in [5.41, 5.74) is 9.66. The normalized spacial score (nSPS) is 24.5. The van der Waals surface area contributed by atoms with Crippen LogP contribution in [0.3, 0.4) is 0 Å². The molecular formula is C13H18N2O. The van der Waals surface area contributed by atoms with Gasteiger partial charge in [0.2, 0.25) is 0 Å². The molecule has 0 spiro atoms. The molecule has 1 aromatic carbocycles. The molecule has 0 bridgehead atoms. The standard InChI is InChI=1S/C13H18N2O/c14-12-5-1-3-10-6-7-15(13(10)12)11-4-2-8-16-9-11/h1,3,5,11H,2,4,6-9,14H2. The maximum absolute atomic E-state index is 6.09. The first-order valence-electron chi connectivity index (χ1n) is 6.08. The average molecular weight is 218 g/mol. The molecule has 2 heterocycles. The first kappa shape index (κ1) is 9.97. The number of ether oxygens (including phenoxy) is 1. The summed E-state index contributed by atoms with van der Waals surface area (Å²) in [7, 11) is 0. The lowest BCUT2D eigenvalue weighted by atomic mass is 10.1. The molecule has 1 saturated heterocycles. The van der Waals surface area contributed by atoms with E-state index < -0.39 is 0 Å². The van der Waals surface area contributed by atoms with Crippen LogP contribution in [0.2, 0.25) is 0 Å². The molecular weight excluding hydrogens is 200 g/mol. The van der Waals surface area contributed by atoms with Crippen molar-refractivity contribution in [3.8, 4) is 0 Å². The SMILES string of the molecule is Nc1cccc2c1N(C1CCCOC1)CC2. The van der Waals surface area contributed by atoms with Gasteiger partial charge < -0.3 is 15.4 Å². The first-order chi connectivity index (χ1) is 7.86. The minimum atomic E-state index is 0.527. The molecule has 2 aliphatic heterocycles. The Labute approximate surface area is 96.2 Å². The maximum Gasteiger partial charge on any atom is 0.0670 e. The molecule has 0 aliphatic carbocycles. The quantitative estimate of drug-likeness (QED) is 0.731. The Bertz CT molecular complexity index is 386. The summed E-state index contributed by atoms with van der Waals surface area (Å²) in [4.78, 5) is 2.45. The smallest absolute Gasteiger partial charge is 0.0670 e. The summed E-state index contributed by atoms with van der Waals surface area (Å²) in [6.45, 7) is 2.87. The van der Waals surface area contributed by atoms with Crippen LogP contribution in [0.1, 0.15) is 18.4 Å². The molecule has 0 amide bonds. The molecule has 0 radical (unpaired) electrons. The number of hydrogen-bond acceptors (Lipinski definition) is 3. The van der Waals surface area contributed by atoms with E-state index in [-0.39, 0.29) is 0 Å². The predicted octanol–water partition coefficient (Wildman–Crippen LogP) is 1.81. The van der Waals surface area contributed by atoms with Crippen LogP contribution in [-0.4, -0.2) is 25.8 Å². The van der Waals surface area contributed by atoms with Crippen LogP contribution in [-0.2, 0) is 11.2 Å². The summed E-state index contributed by atoms with van der Waals surface area (Å²) < 4.78 is 5.57. The topological polar surface area (TPSA) is 38.5 Å². The Morgan fingerprint density at radius 3 is 3.12 bits per heavy atom. The molecule has 1 unspecified atom stereocenters. The third kappa shape index (κ3) is 1.55. The molecule has 3 heteroatoms. The monoisotopic (exact) mass is 218 g/mol. The zero-order chi connectivity index (χ0) is 11.0. The molecule has 1 fully saturated rings. The van der Waals surface area contributed by atoms with Crippen LogP contribution in [0.15, 0.2) is 18.2 Å². The van der Waals surface area contributed by atoms with E-state index in [1.807, 2.05) is 6.07 Å². The molecule has 1 aromatic rings. The molecule has 2 N–H and O–H groups in total. The number of hydrogen-bond donors (Lipinski definition) is 1. The first-order valence-corrected chi connectivity index (χ1v) is 6.08. The average Bonchev–Trinajstić information content (AvgIpc) is 2.75. The van der Waals surface area contributed by atoms with Crippen LogP contribution in [0, 0.1) is 0 Å². The molecule has 3 nitrogen and oxygen atoms in total. The van der Waals surface area contributed by atoms with Crippen molar-refractivity contribution >= 4 is 11.4 Å². The third-order valence-electron chi connectivity index (χ3n) is 3.64. The number of rotatable bonds is 1. The van der Waals surface area contributed by atoms with E-state index in [0.717, 1.165) is 31.9 Å². The van der Waals surface area contributed by atoms with Crippen molar-refractivity contribution in [2.45, 2.75) is 25.3 Å². The molecule has 3 rings (SSSR count). The van der Waals surface area contributed by atoms with E-state index in [0.29, 0.717) is 6.04 Å². The molecule has 1 atom stereocenters. The van der Waals surface area contributed by atoms with E-state index in [9.17, 15) is 0 Å². The predicted molar refractivity (Wildman–Crippen MR) is 65.7 cm³/mol. The Balaban J connectivity index is 1.89. The number of nitrogen functional groups attached to an aromatic ring is 1. The van der Waals surface area contributed by atoms with Crippen molar-refractivity contribution in [1.82, 2.24) is 0 Å². The van der Waals surface area contributed by atoms with Gasteiger partial charge in [0.15, 0.2) is 0 Å². The minimum Gasteiger partial charge on any atom is -0.397 e. The Morgan fingerprint density at radius 2 is 2.31 bits per heavy atom. The maximum atomic E-state index is 6.09. The van der Waals surface area contributed by atoms with Gasteiger partial charge in [0.1, 0.15) is 0 Å². The summed E-state index contributed by atoms with van der Waals surface area (Å²) in [6, 6.07) is 6.77. The Morgan fingerprint density at radius 1 is 1.38 bits per heavy atom. The van der Waals surface area contributed by atoms with Crippen LogP contribution in [0.5, 0.6) is 0 Å². The number of benzene rings is 1. The number of fused-ring (bicyclic) bond motifs is 1. The zero-order valence-electron chi connectivity index (χ0n) is 9.48. The second kappa shape index (κ2) is 3.98. The van der Waals surface area contributed by atoms with Crippen molar-refractivity contribution in [3.05, 3.63) is 23.8 Å². The second-order valence-electron chi connectivity index (χ2n) is 4.67. The van der Waals surface area contributed by atoms with Gasteiger partial charge in [-0.05, 0) is 30.9 Å². The van der Waals surface area contributed by atoms with Crippen LogP contribution in [0.25, 0.3) is 0 Å². The van der Waals surface area contributed by atoms with E-state index in [4.69, 9.17) is 10.5 Å². The Kier molecular flexibility index (Phi) is 2.48. The van der Waals surface area contributed by atoms with Gasteiger partial charge in [0, 0.05) is 13.2 Å². The number of anilines is 2. The fourth-order valence-electron chi connectivity index (χ4n) is 2.85. The van der Waals surface area contributed by atoms with Gasteiger partial charge in [-0.15, -0.1) is 0 Å². The number of nitrogens with zero attached hydrogens (tertiary/aromatic N) is 1. The zero-order valence-corrected chi connectivity index (χ0v) is 9.48. The molecule has 86 valence electrons. The van der Waals surface area contributed by atoms with Crippen LogP contribution < -0.4 is 10.6 Å². The lowest BCUT2D eigenvalue weighted by Gasteiger charge is -2.33. The number of para-hydroxylation sites is 1. The second-order valence-corrected chi connectivity index (χ2v) is 4.67. The Hall–Kier alpha value is -1.22. The lowest BCUT2D eigenvalue weighted by molar-refractivity contribution is 0.0798. The molecule has 2 aliphatic rings. The van der Waals surface area contributed by atoms with Crippen molar-refractivity contribution in [2.24, 2.45) is 0 Å². The number of nitrogens with two attached hydrogens (primary N) is 1. The largest absolute Gasteiger partial charge is 0.397 e. The van der Waals surface area contributed by atoms with E-state index in [2.05, 4.69) is 17.0 Å². The van der Waals surface area contributed by atoms with Gasteiger partial charge in [-0.2, -0.15) is 0 Å². The van der Waals surface area contributed by atoms with E-state index >= 15 is 0 Å². The summed E-state index contributed by atoms with van der Waals surface area (Å²) >= 11 is 0. The van der Waals surface area contributed by atoms with E-state index in [1.165, 1.54) is 24.1 Å². The van der Waals surface area contributed by atoms with Gasteiger partial charge in [0.05, 0.1) is 24.0 Å². The van der Waals surface area contributed by atoms with Gasteiger partial charge in [0.25, 0.3) is 0 Å². The van der Waals surface area contributed by atoms with Gasteiger partial charge >= 0.3 is 0 Å². The summed E-state index contributed by atoms with van der Waals surface area (Å²) in [5.74, 6) is 0. The van der Waals surface area contributed by atoms with Gasteiger partial charge in [-0.1, -0.05) is 12.1 Å². The van der Waals surface area contributed by atoms with Crippen molar-refractivity contribution in [1.29, 1.82) is 0 Å². The highest BCUT2D eigenvalue weighted by atomic mass is 16.5. The lowest BCUT2D eigenvalue weighted by Crippen LogP contribution is -2.40. The molecule has 0 saturated carbocycles. The fourth-order valence-corrected chi connectivity index (χ4v) is 2.85. The summed E-state index contributed by atoms with van der Waals surface area (Å²) in [6.07, 6.45) is 3.52. The third-order valence-corrected chi connectivity index (χ3v) is 3.64. The molecule has 0 aromatic heterocycles.